The van der Waals surface area contributed by atoms with E-state index in [1.165, 1.54) is 23.0 Å². The van der Waals surface area contributed by atoms with Crippen molar-refractivity contribution in [1.29, 1.82) is 0 Å². The molecule has 2 fully saturated rings. The molecule has 1 amide bonds. The van der Waals surface area contributed by atoms with Crippen LogP contribution in [-0.4, -0.2) is 68.3 Å². The highest BCUT2D eigenvalue weighted by atomic mass is 19.3. The first-order chi connectivity index (χ1) is 16.3. The zero-order chi connectivity index (χ0) is 23.9. The van der Waals surface area contributed by atoms with Gasteiger partial charge in [-0.15, -0.1) is 5.10 Å². The average molecular weight is 481 g/mol. The van der Waals surface area contributed by atoms with Crippen LogP contribution in [-0.2, 0) is 9.47 Å². The summed E-state index contributed by atoms with van der Waals surface area (Å²) in [6.07, 6.45) is -2.20. The molecule has 2 aliphatic rings. The van der Waals surface area contributed by atoms with Gasteiger partial charge in [0.25, 0.3) is 6.43 Å². The summed E-state index contributed by atoms with van der Waals surface area (Å²) in [5, 5.41) is 16.6. The largest absolute Gasteiger partial charge is 0.471 e. The molecule has 182 valence electrons. The summed E-state index contributed by atoms with van der Waals surface area (Å²) in [5.74, 6) is 0.659. The fraction of sp³-hybridized carbons (Fsp3) is 0.500. The quantitative estimate of drug-likeness (QED) is 0.448. The first-order valence-corrected chi connectivity index (χ1v) is 10.6. The number of alkyl halides is 3. The van der Waals surface area contributed by atoms with Crippen LogP contribution in [0.3, 0.4) is 0 Å². The maximum Gasteiger partial charge on any atom is 0.408 e. The second-order valence-corrected chi connectivity index (χ2v) is 8.45. The van der Waals surface area contributed by atoms with E-state index in [9.17, 15) is 18.0 Å². The van der Waals surface area contributed by atoms with Crippen molar-refractivity contribution in [2.45, 2.75) is 50.1 Å². The third kappa shape index (κ3) is 4.71. The zero-order valence-corrected chi connectivity index (χ0v) is 18.0. The maximum absolute atomic E-state index is 14.9. The van der Waals surface area contributed by atoms with Gasteiger partial charge < -0.3 is 24.8 Å². The molecule has 3 atom stereocenters. The highest BCUT2D eigenvalue weighted by molar-refractivity contribution is 5.73. The molecule has 0 unspecified atom stereocenters. The van der Waals surface area contributed by atoms with Gasteiger partial charge in [-0.1, -0.05) is 0 Å². The van der Waals surface area contributed by atoms with Gasteiger partial charge in [-0.2, -0.15) is 5.10 Å². The van der Waals surface area contributed by atoms with Crippen molar-refractivity contribution in [2.24, 2.45) is 0 Å². The molecule has 1 aliphatic carbocycles. The number of ether oxygens (including phenoxy) is 3. The van der Waals surface area contributed by atoms with Gasteiger partial charge in [-0.3, -0.25) is 5.10 Å². The van der Waals surface area contributed by atoms with E-state index < -0.39 is 37.5 Å². The van der Waals surface area contributed by atoms with E-state index in [2.05, 4.69) is 30.9 Å². The van der Waals surface area contributed by atoms with E-state index in [1.807, 2.05) is 6.92 Å². The van der Waals surface area contributed by atoms with Crippen LogP contribution < -0.4 is 15.4 Å². The van der Waals surface area contributed by atoms with Gasteiger partial charge in [0.15, 0.2) is 30.5 Å². The van der Waals surface area contributed by atoms with Crippen molar-refractivity contribution >= 4 is 23.2 Å². The Hall–Kier alpha value is -3.55. The second-order valence-electron chi connectivity index (χ2n) is 8.45. The number of hydrogen-bond acceptors (Lipinski definition) is 8. The van der Waals surface area contributed by atoms with Crippen LogP contribution in [0.25, 0.3) is 5.52 Å². The fourth-order valence-electron chi connectivity index (χ4n) is 3.55. The van der Waals surface area contributed by atoms with Crippen LogP contribution in [0, 0.1) is 0 Å². The number of nitrogens with one attached hydrogen (secondary N) is 3. The molecule has 0 spiro atoms. The van der Waals surface area contributed by atoms with Crippen LogP contribution in [0.15, 0.2) is 24.5 Å². The molecule has 3 aromatic heterocycles. The number of carbonyl (C=O) groups is 1. The van der Waals surface area contributed by atoms with E-state index in [4.69, 9.17) is 14.2 Å². The van der Waals surface area contributed by atoms with Crippen molar-refractivity contribution in [2.75, 3.05) is 18.5 Å². The standard InChI is InChI=1S/C20H22F3N7O4/c1-20(2-3-20)26-19(31)34-12-8-33-17(16(12)23)10-6-14(28-27-10)25-18-11-7-15(32-9-13(21)22)29-30(11)5-4-24-18/h4-7,12-13,16-17H,2-3,8-9H2,1H3,(H,26,31)(H2,24,25,27,28)/t12-,16-,17-/m1/s1. The molecule has 1 aliphatic heterocycles. The van der Waals surface area contributed by atoms with E-state index in [0.717, 1.165) is 12.8 Å². The molecule has 3 N–H and O–H groups in total. The van der Waals surface area contributed by atoms with Crippen molar-refractivity contribution in [3.05, 3.63) is 30.2 Å². The number of hydrogen-bond donors (Lipinski definition) is 3. The molecule has 0 radical (unpaired) electrons. The van der Waals surface area contributed by atoms with Gasteiger partial charge in [0, 0.05) is 30.1 Å². The van der Waals surface area contributed by atoms with E-state index >= 15 is 0 Å². The Morgan fingerprint density at radius 1 is 1.41 bits per heavy atom. The minimum Gasteiger partial charge on any atom is -0.471 e. The van der Waals surface area contributed by atoms with Gasteiger partial charge in [0.2, 0.25) is 5.88 Å². The summed E-state index contributed by atoms with van der Waals surface area (Å²) in [4.78, 5) is 16.2. The van der Waals surface area contributed by atoms with E-state index in [1.54, 1.807) is 6.07 Å². The normalized spacial score (nSPS) is 23.3. The summed E-state index contributed by atoms with van der Waals surface area (Å²) in [7, 11) is 0. The molecule has 11 nitrogen and oxygen atoms in total. The molecule has 5 rings (SSSR count). The van der Waals surface area contributed by atoms with E-state index in [-0.39, 0.29) is 18.0 Å². The summed E-state index contributed by atoms with van der Waals surface area (Å²) in [5.41, 5.74) is 0.534. The predicted octanol–water partition coefficient (Wildman–Crippen LogP) is 2.90. The number of nitrogens with zero attached hydrogens (tertiary/aromatic N) is 4. The summed E-state index contributed by atoms with van der Waals surface area (Å²) in [6.45, 7) is 1.03. The number of amides is 1. The number of aromatic amines is 1. The molecular weight excluding hydrogens is 459 g/mol. The number of carbonyl (C=O) groups excluding carboxylic acids is 1. The van der Waals surface area contributed by atoms with Gasteiger partial charge in [-0.05, 0) is 19.8 Å². The smallest absolute Gasteiger partial charge is 0.408 e. The van der Waals surface area contributed by atoms with E-state index in [0.29, 0.717) is 22.8 Å². The van der Waals surface area contributed by atoms with Crippen molar-refractivity contribution < 1.29 is 32.2 Å². The number of anilines is 2. The Labute approximate surface area is 191 Å². The number of alkyl carbamates (subject to hydrolysis) is 1. The first kappa shape index (κ1) is 22.3. The fourth-order valence-corrected chi connectivity index (χ4v) is 3.55. The number of fused-ring (bicyclic) bond motifs is 1. The zero-order valence-electron chi connectivity index (χ0n) is 18.0. The highest BCUT2D eigenvalue weighted by Gasteiger charge is 2.44. The van der Waals surface area contributed by atoms with Crippen LogP contribution in [0.5, 0.6) is 5.88 Å². The lowest BCUT2D eigenvalue weighted by atomic mass is 10.1. The monoisotopic (exact) mass is 481 g/mol. The summed E-state index contributed by atoms with van der Waals surface area (Å²) >= 11 is 0. The number of H-pyrrole nitrogens is 1. The van der Waals surface area contributed by atoms with Gasteiger partial charge in [0.1, 0.15) is 11.6 Å². The predicted molar refractivity (Wildman–Crippen MR) is 111 cm³/mol. The maximum atomic E-state index is 14.9. The minimum absolute atomic E-state index is 0.0180. The Kier molecular flexibility index (Phi) is 5.67. The lowest BCUT2D eigenvalue weighted by Gasteiger charge is -2.17. The molecule has 3 aromatic rings. The Bertz CT molecular complexity index is 1180. The average Bonchev–Trinajstić information content (AvgIpc) is 3.15. The highest BCUT2D eigenvalue weighted by Crippen LogP contribution is 2.36. The number of aromatic nitrogens is 5. The molecule has 1 saturated carbocycles. The van der Waals surface area contributed by atoms with Crippen LogP contribution in [0.1, 0.15) is 31.6 Å². The molecule has 34 heavy (non-hydrogen) atoms. The second kappa shape index (κ2) is 8.66. The topological polar surface area (TPSA) is 128 Å². The molecule has 0 aromatic carbocycles. The van der Waals surface area contributed by atoms with Gasteiger partial charge >= 0.3 is 6.09 Å². The first-order valence-electron chi connectivity index (χ1n) is 10.6. The van der Waals surface area contributed by atoms with Gasteiger partial charge in [0.05, 0.1) is 12.3 Å². The Morgan fingerprint density at radius 3 is 3.00 bits per heavy atom. The number of rotatable bonds is 8. The molecule has 14 heteroatoms. The molecule has 1 saturated heterocycles. The SMILES string of the molecule is CC1(NC(=O)O[C@@H]2CO[C@H](c3cc(Nc4nccn5nc(OCC(F)F)cc45)n[nH]3)[C@@H]2F)CC1. The lowest BCUT2D eigenvalue weighted by Crippen LogP contribution is -2.39. The van der Waals surface area contributed by atoms with Crippen LogP contribution >= 0.6 is 0 Å². The van der Waals surface area contributed by atoms with Crippen molar-refractivity contribution in [3.63, 3.8) is 0 Å². The molecule has 0 bridgehead atoms. The number of halogens is 3. The third-order valence-corrected chi connectivity index (χ3v) is 5.62. The summed E-state index contributed by atoms with van der Waals surface area (Å²) < 4.78 is 56.8. The van der Waals surface area contributed by atoms with Crippen LogP contribution in [0.2, 0.25) is 0 Å². The third-order valence-electron chi connectivity index (χ3n) is 5.62. The molecular formula is C20H22F3N7O4. The Balaban J connectivity index is 1.24. The Morgan fingerprint density at radius 2 is 2.24 bits per heavy atom. The summed E-state index contributed by atoms with van der Waals surface area (Å²) in [6, 6.07) is 3.00. The minimum atomic E-state index is -2.62. The van der Waals surface area contributed by atoms with Crippen molar-refractivity contribution in [1.82, 2.24) is 30.1 Å². The van der Waals surface area contributed by atoms with Crippen molar-refractivity contribution in [3.8, 4) is 5.88 Å². The molecule has 4 heterocycles. The van der Waals surface area contributed by atoms with Gasteiger partial charge in [-0.25, -0.2) is 27.5 Å². The van der Waals surface area contributed by atoms with Crippen LogP contribution in [0.4, 0.5) is 29.6 Å². The lowest BCUT2D eigenvalue weighted by molar-refractivity contribution is 0.0604.